The molecule has 1 aromatic carbocycles. The van der Waals surface area contributed by atoms with Crippen molar-refractivity contribution in [3.05, 3.63) is 53.9 Å². The molecule has 0 saturated carbocycles. The molecule has 0 radical (unpaired) electrons. The van der Waals surface area contributed by atoms with E-state index in [1.807, 2.05) is 6.07 Å². The fourth-order valence-corrected chi connectivity index (χ4v) is 2.88. The van der Waals surface area contributed by atoms with Crippen LogP contribution in [0.15, 0.2) is 30.3 Å². The molecule has 4 nitrogen and oxygen atoms in total. The Hall–Kier alpha value is -2.64. The van der Waals surface area contributed by atoms with Crippen LogP contribution in [0.2, 0.25) is 0 Å². The molecule has 1 saturated heterocycles. The molecule has 1 N–H and O–H groups in total. The van der Waals surface area contributed by atoms with Crippen LogP contribution in [0.3, 0.4) is 0 Å². The summed E-state index contributed by atoms with van der Waals surface area (Å²) in [6.45, 7) is 0.202. The van der Waals surface area contributed by atoms with E-state index in [2.05, 4.69) is 10.3 Å². The van der Waals surface area contributed by atoms with Gasteiger partial charge in [0.05, 0.1) is 0 Å². The van der Waals surface area contributed by atoms with E-state index < -0.39 is 29.2 Å². The Morgan fingerprint density at radius 3 is 2.12 bits per heavy atom. The number of hydrogen-bond acceptors (Lipinski definition) is 3. The third-order valence-corrected chi connectivity index (χ3v) is 4.20. The largest absolute Gasteiger partial charge is 0.366 e. The van der Waals surface area contributed by atoms with Crippen LogP contribution in [0.25, 0.3) is 0 Å². The van der Waals surface area contributed by atoms with Crippen molar-refractivity contribution in [2.75, 3.05) is 23.3 Å². The molecular formula is C17H15F4N3O. The maximum absolute atomic E-state index is 13.8. The number of amides is 1. The number of hydrogen-bond donors (Lipinski definition) is 1. The fraction of sp³-hybridized carbons (Fsp3) is 0.294. The van der Waals surface area contributed by atoms with Gasteiger partial charge in [0.15, 0.2) is 0 Å². The second-order valence-corrected chi connectivity index (χ2v) is 5.79. The Bertz CT molecular complexity index is 751. The number of nitrogens with one attached hydrogen (secondary N) is 1. The molecule has 0 bridgehead atoms. The minimum absolute atomic E-state index is 0.101. The van der Waals surface area contributed by atoms with Gasteiger partial charge in [0, 0.05) is 24.7 Å². The third kappa shape index (κ3) is 3.57. The number of rotatable bonds is 3. The summed E-state index contributed by atoms with van der Waals surface area (Å²) in [7, 11) is 0. The van der Waals surface area contributed by atoms with Gasteiger partial charge in [0.25, 0.3) is 11.9 Å². The highest BCUT2D eigenvalue weighted by Gasteiger charge is 2.30. The summed E-state index contributed by atoms with van der Waals surface area (Å²) in [5.41, 5.74) is -0.114. The summed E-state index contributed by atoms with van der Waals surface area (Å²) in [6.07, 6.45) is 0.617. The van der Waals surface area contributed by atoms with Crippen LogP contribution in [-0.2, 0) is 4.79 Å². The van der Waals surface area contributed by atoms with Crippen molar-refractivity contribution in [2.45, 2.75) is 12.8 Å². The minimum atomic E-state index is -1.68. The second kappa shape index (κ2) is 7.08. The molecule has 1 aromatic heterocycles. The van der Waals surface area contributed by atoms with Crippen LogP contribution >= 0.6 is 0 Å². The lowest BCUT2D eigenvalue weighted by Gasteiger charge is -2.33. The maximum atomic E-state index is 13.8. The molecule has 2 heterocycles. The molecular weight excluding hydrogens is 338 g/mol. The summed E-state index contributed by atoms with van der Waals surface area (Å²) in [5.74, 6) is -6.95. The van der Waals surface area contributed by atoms with Crippen LogP contribution in [-0.4, -0.2) is 24.0 Å². The first kappa shape index (κ1) is 17.2. The number of nitrogens with zero attached hydrogens (tertiary/aromatic N) is 2. The van der Waals surface area contributed by atoms with E-state index >= 15 is 0 Å². The number of piperidine rings is 1. The number of benzene rings is 1. The first-order valence-corrected chi connectivity index (χ1v) is 7.78. The van der Waals surface area contributed by atoms with Gasteiger partial charge in [-0.15, -0.1) is 0 Å². The Balaban J connectivity index is 1.67. The molecule has 132 valence electrons. The quantitative estimate of drug-likeness (QED) is 0.679. The lowest BCUT2D eigenvalue weighted by molar-refractivity contribution is -0.120. The van der Waals surface area contributed by atoms with Gasteiger partial charge in [0.1, 0.15) is 5.69 Å². The Kier molecular flexibility index (Phi) is 4.87. The Morgan fingerprint density at radius 2 is 1.56 bits per heavy atom. The summed E-state index contributed by atoms with van der Waals surface area (Å²) in [4.78, 5) is 16.0. The summed E-state index contributed by atoms with van der Waals surface area (Å²) >= 11 is 0. The predicted molar refractivity (Wildman–Crippen MR) is 84.1 cm³/mol. The van der Waals surface area contributed by atoms with E-state index in [0.717, 1.165) is 0 Å². The van der Waals surface area contributed by atoms with E-state index in [-0.39, 0.29) is 24.9 Å². The van der Waals surface area contributed by atoms with Crippen molar-refractivity contribution in [3.8, 4) is 0 Å². The summed E-state index contributed by atoms with van der Waals surface area (Å²) in [5, 5.41) is 2.77. The van der Waals surface area contributed by atoms with Crippen molar-refractivity contribution in [1.82, 2.24) is 4.98 Å². The molecule has 8 heteroatoms. The monoisotopic (exact) mass is 353 g/mol. The van der Waals surface area contributed by atoms with Crippen molar-refractivity contribution >= 4 is 17.3 Å². The third-order valence-electron chi connectivity index (χ3n) is 4.20. The average Bonchev–Trinajstić information content (AvgIpc) is 2.62. The predicted octanol–water partition coefficient (Wildman–Crippen LogP) is 3.49. The lowest BCUT2D eigenvalue weighted by Crippen LogP contribution is -2.39. The SMILES string of the molecule is O=C(Nc1ccccc1)C1CCN(c2c(F)c(F)nc(F)c2F)CC1. The van der Waals surface area contributed by atoms with Gasteiger partial charge in [-0.25, -0.2) is 0 Å². The molecule has 0 atom stereocenters. The van der Waals surface area contributed by atoms with Crippen LogP contribution in [0.5, 0.6) is 0 Å². The average molecular weight is 353 g/mol. The van der Waals surface area contributed by atoms with Crippen molar-refractivity contribution < 1.29 is 22.4 Å². The Morgan fingerprint density at radius 1 is 1.00 bits per heavy atom. The molecule has 0 unspecified atom stereocenters. The maximum Gasteiger partial charge on any atom is 0.253 e. The molecule has 3 rings (SSSR count). The molecule has 1 aliphatic rings. The minimum Gasteiger partial charge on any atom is -0.366 e. The molecule has 1 aliphatic heterocycles. The molecule has 0 aliphatic carbocycles. The zero-order valence-corrected chi connectivity index (χ0v) is 13.1. The molecule has 2 aromatic rings. The topological polar surface area (TPSA) is 45.2 Å². The first-order chi connectivity index (χ1) is 12.0. The number of anilines is 2. The highest BCUT2D eigenvalue weighted by molar-refractivity contribution is 5.92. The smallest absolute Gasteiger partial charge is 0.253 e. The van der Waals surface area contributed by atoms with E-state index in [0.29, 0.717) is 18.5 Å². The van der Waals surface area contributed by atoms with Crippen molar-refractivity contribution in [3.63, 3.8) is 0 Å². The van der Waals surface area contributed by atoms with E-state index in [1.165, 1.54) is 4.90 Å². The van der Waals surface area contributed by atoms with Crippen LogP contribution in [0.1, 0.15) is 12.8 Å². The normalized spacial score (nSPS) is 15.3. The van der Waals surface area contributed by atoms with Gasteiger partial charge in [-0.2, -0.15) is 22.5 Å². The van der Waals surface area contributed by atoms with E-state index in [9.17, 15) is 22.4 Å². The van der Waals surface area contributed by atoms with Gasteiger partial charge < -0.3 is 10.2 Å². The van der Waals surface area contributed by atoms with E-state index in [1.54, 1.807) is 24.3 Å². The molecule has 1 amide bonds. The highest BCUT2D eigenvalue weighted by atomic mass is 19.2. The van der Waals surface area contributed by atoms with Crippen LogP contribution in [0, 0.1) is 29.4 Å². The van der Waals surface area contributed by atoms with Crippen molar-refractivity contribution in [1.29, 1.82) is 0 Å². The molecule has 1 fully saturated rings. The summed E-state index contributed by atoms with van der Waals surface area (Å²) in [6, 6.07) is 8.90. The highest BCUT2D eigenvalue weighted by Crippen LogP contribution is 2.30. The van der Waals surface area contributed by atoms with Crippen molar-refractivity contribution in [2.24, 2.45) is 5.92 Å². The zero-order chi connectivity index (χ0) is 18.0. The number of carbonyl (C=O) groups excluding carboxylic acids is 1. The van der Waals surface area contributed by atoms with Gasteiger partial charge in [-0.05, 0) is 25.0 Å². The molecule has 0 spiro atoms. The number of halogens is 4. The molecule has 25 heavy (non-hydrogen) atoms. The van der Waals surface area contributed by atoms with Gasteiger partial charge >= 0.3 is 0 Å². The number of carbonyl (C=O) groups is 1. The lowest BCUT2D eigenvalue weighted by atomic mass is 9.95. The number of aromatic nitrogens is 1. The fourth-order valence-electron chi connectivity index (χ4n) is 2.88. The van der Waals surface area contributed by atoms with Crippen LogP contribution in [0.4, 0.5) is 28.9 Å². The van der Waals surface area contributed by atoms with Gasteiger partial charge in [-0.3, -0.25) is 4.79 Å². The Labute approximate surface area is 141 Å². The zero-order valence-electron chi connectivity index (χ0n) is 13.1. The van der Waals surface area contributed by atoms with Gasteiger partial charge in [-0.1, -0.05) is 18.2 Å². The second-order valence-electron chi connectivity index (χ2n) is 5.79. The first-order valence-electron chi connectivity index (χ1n) is 7.78. The van der Waals surface area contributed by atoms with Gasteiger partial charge in [0.2, 0.25) is 17.5 Å². The standard InChI is InChI=1S/C17H15F4N3O/c18-12-14(13(19)16(21)23-15(12)20)24-8-6-10(7-9-24)17(25)22-11-4-2-1-3-5-11/h1-5,10H,6-9H2,(H,22,25). The van der Waals surface area contributed by atoms with Crippen LogP contribution < -0.4 is 10.2 Å². The number of pyridine rings is 1. The summed E-state index contributed by atoms with van der Waals surface area (Å²) < 4.78 is 54.1. The van der Waals surface area contributed by atoms with E-state index in [4.69, 9.17) is 0 Å². The number of para-hydroxylation sites is 1.